The zero-order valence-corrected chi connectivity index (χ0v) is 12.2. The maximum Gasteiger partial charge on any atom is 0.0339 e. The molecule has 1 aromatic carbocycles. The number of alkyl halides is 1. The standard InChI is InChI=1S/C16H24ClN/c1-12(2)15-6-3-13(4-7-15)10-18-11-14-5-8-16(17)9-14/h3-4,6-7,12,14,16,18H,5,8-11H2,1-2H3. The average molecular weight is 266 g/mol. The van der Waals surface area contributed by atoms with Gasteiger partial charge in [-0.15, -0.1) is 11.6 Å². The van der Waals surface area contributed by atoms with E-state index in [-0.39, 0.29) is 0 Å². The van der Waals surface area contributed by atoms with Crippen LogP contribution >= 0.6 is 11.6 Å². The minimum atomic E-state index is 0.419. The van der Waals surface area contributed by atoms with E-state index >= 15 is 0 Å². The topological polar surface area (TPSA) is 12.0 Å². The van der Waals surface area contributed by atoms with Gasteiger partial charge in [0.15, 0.2) is 0 Å². The molecular formula is C16H24ClN. The fourth-order valence-electron chi connectivity index (χ4n) is 2.64. The van der Waals surface area contributed by atoms with Crippen LogP contribution in [0.5, 0.6) is 0 Å². The molecule has 0 amide bonds. The molecule has 2 unspecified atom stereocenters. The fourth-order valence-corrected chi connectivity index (χ4v) is 3.02. The highest BCUT2D eigenvalue weighted by molar-refractivity contribution is 6.20. The van der Waals surface area contributed by atoms with Gasteiger partial charge in [0.1, 0.15) is 0 Å². The summed E-state index contributed by atoms with van der Waals surface area (Å²) in [5.41, 5.74) is 2.79. The summed E-state index contributed by atoms with van der Waals surface area (Å²) in [6.07, 6.45) is 3.66. The summed E-state index contributed by atoms with van der Waals surface area (Å²) in [5, 5.41) is 3.97. The second-order valence-electron chi connectivity index (χ2n) is 5.80. The maximum atomic E-state index is 6.12. The molecule has 0 spiro atoms. The van der Waals surface area contributed by atoms with Gasteiger partial charge >= 0.3 is 0 Å². The molecule has 2 atom stereocenters. The molecule has 1 nitrogen and oxygen atoms in total. The molecule has 0 bridgehead atoms. The van der Waals surface area contributed by atoms with Gasteiger partial charge in [-0.3, -0.25) is 0 Å². The first-order chi connectivity index (χ1) is 8.65. The molecule has 0 saturated heterocycles. The Balaban J connectivity index is 1.73. The number of halogens is 1. The van der Waals surface area contributed by atoms with Crippen molar-refractivity contribution < 1.29 is 0 Å². The van der Waals surface area contributed by atoms with Crippen molar-refractivity contribution in [1.29, 1.82) is 0 Å². The molecule has 100 valence electrons. The zero-order chi connectivity index (χ0) is 13.0. The molecular weight excluding hydrogens is 242 g/mol. The highest BCUT2D eigenvalue weighted by Gasteiger charge is 2.22. The molecule has 18 heavy (non-hydrogen) atoms. The summed E-state index contributed by atoms with van der Waals surface area (Å²) in [6, 6.07) is 8.96. The van der Waals surface area contributed by atoms with E-state index in [9.17, 15) is 0 Å². The molecule has 1 fully saturated rings. The van der Waals surface area contributed by atoms with Crippen molar-refractivity contribution in [3.8, 4) is 0 Å². The first kappa shape index (κ1) is 13.9. The molecule has 1 N–H and O–H groups in total. The monoisotopic (exact) mass is 265 g/mol. The zero-order valence-electron chi connectivity index (χ0n) is 11.5. The minimum Gasteiger partial charge on any atom is -0.312 e. The lowest BCUT2D eigenvalue weighted by atomic mass is 10.0. The van der Waals surface area contributed by atoms with Crippen molar-refractivity contribution in [2.75, 3.05) is 6.54 Å². The smallest absolute Gasteiger partial charge is 0.0339 e. The third-order valence-electron chi connectivity index (χ3n) is 3.89. The van der Waals surface area contributed by atoms with Gasteiger partial charge in [0.2, 0.25) is 0 Å². The molecule has 2 rings (SSSR count). The first-order valence-corrected chi connectivity index (χ1v) is 7.52. The van der Waals surface area contributed by atoms with Crippen LogP contribution in [0.4, 0.5) is 0 Å². The van der Waals surface area contributed by atoms with E-state index in [4.69, 9.17) is 11.6 Å². The molecule has 1 aromatic rings. The van der Waals surface area contributed by atoms with Crippen LogP contribution in [0.3, 0.4) is 0 Å². The van der Waals surface area contributed by atoms with Crippen LogP contribution in [-0.4, -0.2) is 11.9 Å². The van der Waals surface area contributed by atoms with Gasteiger partial charge in [0.25, 0.3) is 0 Å². The molecule has 1 saturated carbocycles. The van der Waals surface area contributed by atoms with Gasteiger partial charge < -0.3 is 5.32 Å². The lowest BCUT2D eigenvalue weighted by Crippen LogP contribution is -2.21. The quantitative estimate of drug-likeness (QED) is 0.783. The molecule has 0 radical (unpaired) electrons. The third kappa shape index (κ3) is 4.00. The van der Waals surface area contributed by atoms with E-state index in [2.05, 4.69) is 43.4 Å². The van der Waals surface area contributed by atoms with Crippen LogP contribution in [0, 0.1) is 5.92 Å². The Hall–Kier alpha value is -0.530. The number of rotatable bonds is 5. The van der Waals surface area contributed by atoms with E-state index in [0.717, 1.165) is 19.0 Å². The van der Waals surface area contributed by atoms with Crippen LogP contribution in [0.25, 0.3) is 0 Å². The Labute approximate surface area is 116 Å². The Bertz CT molecular complexity index is 358. The number of benzene rings is 1. The fraction of sp³-hybridized carbons (Fsp3) is 0.625. The van der Waals surface area contributed by atoms with Gasteiger partial charge in [0, 0.05) is 11.9 Å². The second-order valence-corrected chi connectivity index (χ2v) is 6.42. The number of hydrogen-bond donors (Lipinski definition) is 1. The van der Waals surface area contributed by atoms with Crippen molar-refractivity contribution in [1.82, 2.24) is 5.32 Å². The predicted octanol–water partition coefficient (Wildman–Crippen LogP) is 4.31. The first-order valence-electron chi connectivity index (χ1n) is 7.08. The molecule has 0 heterocycles. The predicted molar refractivity (Wildman–Crippen MR) is 79.2 cm³/mol. The van der Waals surface area contributed by atoms with Crippen molar-refractivity contribution >= 4 is 11.6 Å². The molecule has 1 aliphatic rings. The normalized spacial score (nSPS) is 23.8. The van der Waals surface area contributed by atoms with E-state index in [1.165, 1.54) is 30.4 Å². The van der Waals surface area contributed by atoms with Crippen LogP contribution < -0.4 is 5.32 Å². The van der Waals surface area contributed by atoms with E-state index in [0.29, 0.717) is 11.3 Å². The van der Waals surface area contributed by atoms with Crippen molar-refractivity contribution in [2.45, 2.75) is 50.9 Å². The average Bonchev–Trinajstić information content (AvgIpc) is 2.76. The number of hydrogen-bond acceptors (Lipinski definition) is 1. The van der Waals surface area contributed by atoms with Crippen LogP contribution in [0.15, 0.2) is 24.3 Å². The Morgan fingerprint density at radius 3 is 2.50 bits per heavy atom. The van der Waals surface area contributed by atoms with Crippen molar-refractivity contribution in [2.24, 2.45) is 5.92 Å². The summed E-state index contributed by atoms with van der Waals surface area (Å²) in [5.74, 6) is 1.40. The van der Waals surface area contributed by atoms with Crippen LogP contribution in [-0.2, 0) is 6.54 Å². The van der Waals surface area contributed by atoms with E-state index in [1.54, 1.807) is 0 Å². The van der Waals surface area contributed by atoms with Gasteiger partial charge in [-0.1, -0.05) is 38.1 Å². The summed E-state index contributed by atoms with van der Waals surface area (Å²) in [6.45, 7) is 6.54. The SMILES string of the molecule is CC(C)c1ccc(CNCC2CCC(Cl)C2)cc1. The van der Waals surface area contributed by atoms with Gasteiger partial charge in [-0.2, -0.15) is 0 Å². The highest BCUT2D eigenvalue weighted by Crippen LogP contribution is 2.28. The molecule has 0 aromatic heterocycles. The summed E-state index contributed by atoms with van der Waals surface area (Å²) in [4.78, 5) is 0. The Morgan fingerprint density at radius 1 is 1.22 bits per heavy atom. The Morgan fingerprint density at radius 2 is 1.94 bits per heavy atom. The highest BCUT2D eigenvalue weighted by atomic mass is 35.5. The number of nitrogens with one attached hydrogen (secondary N) is 1. The molecule has 1 aliphatic carbocycles. The largest absolute Gasteiger partial charge is 0.312 e. The van der Waals surface area contributed by atoms with Crippen molar-refractivity contribution in [3.63, 3.8) is 0 Å². The van der Waals surface area contributed by atoms with Gasteiger partial charge in [-0.25, -0.2) is 0 Å². The van der Waals surface area contributed by atoms with Gasteiger partial charge in [-0.05, 0) is 48.8 Å². The minimum absolute atomic E-state index is 0.419. The van der Waals surface area contributed by atoms with Crippen molar-refractivity contribution in [3.05, 3.63) is 35.4 Å². The third-order valence-corrected chi connectivity index (χ3v) is 4.28. The summed E-state index contributed by atoms with van der Waals surface area (Å²) in [7, 11) is 0. The molecule has 2 heteroatoms. The van der Waals surface area contributed by atoms with Crippen LogP contribution in [0.2, 0.25) is 0 Å². The van der Waals surface area contributed by atoms with Crippen LogP contribution in [0.1, 0.15) is 50.2 Å². The lowest BCUT2D eigenvalue weighted by molar-refractivity contribution is 0.490. The molecule has 0 aliphatic heterocycles. The van der Waals surface area contributed by atoms with E-state index in [1.807, 2.05) is 0 Å². The summed E-state index contributed by atoms with van der Waals surface area (Å²) >= 11 is 6.12. The summed E-state index contributed by atoms with van der Waals surface area (Å²) < 4.78 is 0. The maximum absolute atomic E-state index is 6.12. The Kier molecular flexibility index (Phi) is 5.08. The van der Waals surface area contributed by atoms with E-state index < -0.39 is 0 Å². The van der Waals surface area contributed by atoms with Gasteiger partial charge in [0.05, 0.1) is 0 Å². The second kappa shape index (κ2) is 6.58. The lowest BCUT2D eigenvalue weighted by Gasteiger charge is -2.11.